The third-order valence-corrected chi connectivity index (χ3v) is 3.77. The van der Waals surface area contributed by atoms with Gasteiger partial charge in [-0.05, 0) is 36.4 Å². The summed E-state index contributed by atoms with van der Waals surface area (Å²) in [5, 5.41) is 8.90. The van der Waals surface area contributed by atoms with Crippen LogP contribution >= 0.6 is 31.9 Å². The summed E-state index contributed by atoms with van der Waals surface area (Å²) in [4.78, 5) is 11.0. The Morgan fingerprint density at radius 1 is 1.10 bits per heavy atom. The maximum Gasteiger partial charge on any atom is 0.174 e. The largest absolute Gasteiger partial charge is 0.506 e. The van der Waals surface area contributed by atoms with E-state index in [0.717, 1.165) is 20.3 Å². The Labute approximate surface area is 139 Å². The lowest BCUT2D eigenvalue weighted by Gasteiger charge is -2.15. The monoisotopic (exact) mass is 413 g/mol. The predicted molar refractivity (Wildman–Crippen MR) is 88.6 cm³/mol. The molecular formula is C15H13Br2NO3. The van der Waals surface area contributed by atoms with Crippen molar-refractivity contribution in [1.82, 2.24) is 0 Å². The molecule has 0 spiro atoms. The van der Waals surface area contributed by atoms with Gasteiger partial charge in [0.25, 0.3) is 0 Å². The van der Waals surface area contributed by atoms with Gasteiger partial charge in [-0.15, -0.1) is 0 Å². The van der Waals surface area contributed by atoms with Crippen LogP contribution in [0.1, 0.15) is 5.56 Å². The van der Waals surface area contributed by atoms with Crippen LogP contribution in [0.3, 0.4) is 0 Å². The van der Waals surface area contributed by atoms with Crippen LogP contribution in [0, 0.1) is 0 Å². The number of ketones is 1. The number of rotatable bonds is 0. The molecule has 1 heterocycles. The van der Waals surface area contributed by atoms with Crippen molar-refractivity contribution in [2.75, 3.05) is 12.3 Å². The van der Waals surface area contributed by atoms with Crippen LogP contribution in [0.2, 0.25) is 0 Å². The average molecular weight is 415 g/mol. The molecule has 0 aliphatic carbocycles. The number of nitrogens with two attached hydrogens (primary N) is 1. The molecule has 3 rings (SSSR count). The molecule has 1 aliphatic rings. The third kappa shape index (κ3) is 4.47. The van der Waals surface area contributed by atoms with Crippen molar-refractivity contribution < 1.29 is 14.6 Å². The number of carbonyl (C=O) groups is 1. The Morgan fingerprint density at radius 2 is 1.76 bits per heavy atom. The van der Waals surface area contributed by atoms with E-state index in [9.17, 15) is 4.79 Å². The van der Waals surface area contributed by atoms with Crippen molar-refractivity contribution in [3.63, 3.8) is 0 Å². The summed E-state index contributed by atoms with van der Waals surface area (Å²) in [5.74, 6) is 1.09. The van der Waals surface area contributed by atoms with Crippen molar-refractivity contribution in [3.05, 3.63) is 50.9 Å². The van der Waals surface area contributed by atoms with Crippen molar-refractivity contribution in [2.45, 2.75) is 6.42 Å². The van der Waals surface area contributed by atoms with E-state index < -0.39 is 0 Å². The van der Waals surface area contributed by atoms with Crippen LogP contribution in [-0.2, 0) is 11.2 Å². The van der Waals surface area contributed by atoms with Crippen LogP contribution in [0.25, 0.3) is 0 Å². The van der Waals surface area contributed by atoms with Gasteiger partial charge < -0.3 is 15.6 Å². The van der Waals surface area contributed by atoms with Crippen molar-refractivity contribution in [2.24, 2.45) is 0 Å². The second kappa shape index (κ2) is 6.95. The third-order valence-electron chi connectivity index (χ3n) is 2.79. The number of carbonyl (C=O) groups excluding carboxylic acids is 1. The fraction of sp³-hybridized carbons (Fsp3) is 0.133. The summed E-state index contributed by atoms with van der Waals surface area (Å²) in [6, 6.07) is 10.6. The number of phenols is 1. The molecule has 0 saturated carbocycles. The highest BCUT2D eigenvalue weighted by molar-refractivity contribution is 9.10. The molecule has 0 radical (unpaired) electrons. The number of halogens is 2. The minimum absolute atomic E-state index is 0.123. The van der Waals surface area contributed by atoms with Gasteiger partial charge in [-0.2, -0.15) is 0 Å². The second-order valence-electron chi connectivity index (χ2n) is 4.46. The number of ether oxygens (including phenoxy) is 1. The fourth-order valence-corrected chi connectivity index (χ4v) is 2.56. The molecule has 0 atom stereocenters. The normalized spacial score (nSPS) is 12.8. The van der Waals surface area contributed by atoms with Crippen LogP contribution in [0.5, 0.6) is 11.5 Å². The van der Waals surface area contributed by atoms with Crippen molar-refractivity contribution in [3.8, 4) is 11.5 Å². The molecule has 0 bridgehead atoms. The first-order chi connectivity index (χ1) is 9.95. The van der Waals surface area contributed by atoms with E-state index in [4.69, 9.17) is 15.6 Å². The SMILES string of the molecule is Nc1cc(Br)ccc1O.O=C1COc2ccc(Br)cc2C1. The van der Waals surface area contributed by atoms with Crippen LogP contribution in [0.15, 0.2) is 45.3 Å². The molecule has 0 aromatic heterocycles. The van der Waals surface area contributed by atoms with Gasteiger partial charge in [0.05, 0.1) is 5.69 Å². The van der Waals surface area contributed by atoms with E-state index in [2.05, 4.69) is 31.9 Å². The molecule has 6 heteroatoms. The molecule has 110 valence electrons. The Morgan fingerprint density at radius 3 is 2.43 bits per heavy atom. The average Bonchev–Trinajstić information content (AvgIpc) is 2.43. The van der Waals surface area contributed by atoms with Gasteiger partial charge in [0.2, 0.25) is 0 Å². The molecule has 0 unspecified atom stereocenters. The number of anilines is 1. The van der Waals surface area contributed by atoms with Crippen LogP contribution in [-0.4, -0.2) is 17.5 Å². The Hall–Kier alpha value is -1.53. The van der Waals surface area contributed by atoms with Gasteiger partial charge in [0, 0.05) is 20.9 Å². The summed E-state index contributed by atoms with van der Waals surface area (Å²) >= 11 is 6.55. The molecule has 0 fully saturated rings. The zero-order chi connectivity index (χ0) is 15.4. The van der Waals surface area contributed by atoms with Gasteiger partial charge >= 0.3 is 0 Å². The molecule has 4 nitrogen and oxygen atoms in total. The van der Waals surface area contributed by atoms with Gasteiger partial charge in [-0.3, -0.25) is 4.79 Å². The van der Waals surface area contributed by atoms with Gasteiger partial charge in [-0.25, -0.2) is 0 Å². The molecule has 0 saturated heterocycles. The van der Waals surface area contributed by atoms with Crippen LogP contribution in [0.4, 0.5) is 5.69 Å². The van der Waals surface area contributed by atoms with Gasteiger partial charge in [0.15, 0.2) is 5.78 Å². The second-order valence-corrected chi connectivity index (χ2v) is 6.29. The molecule has 0 amide bonds. The Balaban J connectivity index is 0.000000161. The Kier molecular flexibility index (Phi) is 5.25. The summed E-state index contributed by atoms with van der Waals surface area (Å²) in [6.45, 7) is 0.217. The lowest BCUT2D eigenvalue weighted by Crippen LogP contribution is -2.19. The highest BCUT2D eigenvalue weighted by atomic mass is 79.9. The van der Waals surface area contributed by atoms with Gasteiger partial charge in [0.1, 0.15) is 18.1 Å². The maximum absolute atomic E-state index is 11.0. The number of fused-ring (bicyclic) bond motifs is 1. The van der Waals surface area contributed by atoms with E-state index in [-0.39, 0.29) is 18.1 Å². The molecule has 1 aliphatic heterocycles. The van der Waals surface area contributed by atoms with Crippen molar-refractivity contribution >= 4 is 43.3 Å². The minimum Gasteiger partial charge on any atom is -0.506 e. The van der Waals surface area contributed by atoms with E-state index in [0.29, 0.717) is 12.1 Å². The van der Waals surface area contributed by atoms with E-state index in [1.54, 1.807) is 18.2 Å². The number of hydrogen-bond acceptors (Lipinski definition) is 4. The quantitative estimate of drug-likeness (QED) is 0.509. The maximum atomic E-state index is 11.0. The molecule has 3 N–H and O–H groups in total. The summed E-state index contributed by atoms with van der Waals surface area (Å²) in [7, 11) is 0. The summed E-state index contributed by atoms with van der Waals surface area (Å²) in [5.41, 5.74) is 6.71. The van der Waals surface area contributed by atoms with E-state index >= 15 is 0 Å². The summed E-state index contributed by atoms with van der Waals surface area (Å²) < 4.78 is 7.08. The van der Waals surface area contributed by atoms with E-state index in [1.165, 1.54) is 0 Å². The first-order valence-electron chi connectivity index (χ1n) is 6.12. The first kappa shape index (κ1) is 15.9. The number of phenolic OH excluding ortho intramolecular Hbond substituents is 1. The van der Waals surface area contributed by atoms with E-state index in [1.807, 2.05) is 18.2 Å². The minimum atomic E-state index is 0.123. The number of benzene rings is 2. The predicted octanol–water partition coefficient (Wildman–Crippen LogP) is 3.69. The van der Waals surface area contributed by atoms with Crippen LogP contribution < -0.4 is 10.5 Å². The number of nitrogen functional groups attached to an aromatic ring is 1. The number of Topliss-reactive ketones (excluding diaryl/α,β-unsaturated/α-hetero) is 1. The lowest BCUT2D eigenvalue weighted by molar-refractivity contribution is -0.121. The van der Waals surface area contributed by atoms with Gasteiger partial charge in [-0.1, -0.05) is 31.9 Å². The number of hydrogen-bond donors (Lipinski definition) is 2. The zero-order valence-corrected chi connectivity index (χ0v) is 14.1. The molecule has 2 aromatic rings. The smallest absolute Gasteiger partial charge is 0.174 e. The highest BCUT2D eigenvalue weighted by Gasteiger charge is 2.16. The Bertz CT molecular complexity index is 674. The molecule has 2 aromatic carbocycles. The number of aromatic hydroxyl groups is 1. The fourth-order valence-electron chi connectivity index (χ4n) is 1.77. The lowest BCUT2D eigenvalue weighted by atomic mass is 10.1. The molecular weight excluding hydrogens is 402 g/mol. The molecule has 21 heavy (non-hydrogen) atoms. The first-order valence-corrected chi connectivity index (χ1v) is 7.71. The summed E-state index contributed by atoms with van der Waals surface area (Å²) in [6.07, 6.45) is 0.495. The topological polar surface area (TPSA) is 72.5 Å². The van der Waals surface area contributed by atoms with Crippen molar-refractivity contribution in [1.29, 1.82) is 0 Å². The zero-order valence-electron chi connectivity index (χ0n) is 11.0. The highest BCUT2D eigenvalue weighted by Crippen LogP contribution is 2.26. The standard InChI is InChI=1S/C9H7BrO2.C6H6BrNO/c10-7-1-2-9-6(3-7)4-8(11)5-12-9;7-4-1-2-6(9)5(8)3-4/h1-3H,4-5H2;1-3,9H,8H2.